The van der Waals surface area contributed by atoms with E-state index in [4.69, 9.17) is 14.2 Å². The highest BCUT2D eigenvalue weighted by Gasteiger charge is 2.25. The SMILES string of the molecule is O=C(COC(=O)C1=CCC(=O)N(c2ccccc2)N1)Nc1ccc2c(c1)OCCO2. The van der Waals surface area contributed by atoms with Crippen LogP contribution in [-0.2, 0) is 19.1 Å². The van der Waals surface area contributed by atoms with Crippen LogP contribution >= 0.6 is 0 Å². The Labute approximate surface area is 172 Å². The summed E-state index contributed by atoms with van der Waals surface area (Å²) in [5, 5.41) is 3.91. The second-order valence-electron chi connectivity index (χ2n) is 6.48. The van der Waals surface area contributed by atoms with Crippen LogP contribution in [0.15, 0.2) is 60.3 Å². The molecule has 30 heavy (non-hydrogen) atoms. The van der Waals surface area contributed by atoms with Crippen LogP contribution in [0.4, 0.5) is 11.4 Å². The molecule has 2 aromatic rings. The highest BCUT2D eigenvalue weighted by molar-refractivity contribution is 6.00. The van der Waals surface area contributed by atoms with Gasteiger partial charge in [-0.05, 0) is 30.3 Å². The van der Waals surface area contributed by atoms with Crippen LogP contribution in [0.1, 0.15) is 6.42 Å². The van der Waals surface area contributed by atoms with Gasteiger partial charge in [-0.1, -0.05) is 18.2 Å². The molecule has 0 fully saturated rings. The first kappa shape index (κ1) is 19.3. The van der Waals surface area contributed by atoms with Crippen molar-refractivity contribution in [2.45, 2.75) is 6.42 Å². The molecule has 0 spiro atoms. The number of hydrogen-bond donors (Lipinski definition) is 2. The maximum Gasteiger partial charge on any atom is 0.356 e. The Morgan fingerprint density at radius 3 is 2.63 bits per heavy atom. The van der Waals surface area contributed by atoms with Crippen molar-refractivity contribution in [2.75, 3.05) is 30.1 Å². The van der Waals surface area contributed by atoms with Crippen LogP contribution in [0, 0.1) is 0 Å². The van der Waals surface area contributed by atoms with Crippen molar-refractivity contribution in [2.24, 2.45) is 0 Å². The van der Waals surface area contributed by atoms with E-state index in [2.05, 4.69) is 10.7 Å². The molecule has 2 aromatic carbocycles. The monoisotopic (exact) mass is 409 g/mol. The average molecular weight is 409 g/mol. The summed E-state index contributed by atoms with van der Waals surface area (Å²) in [7, 11) is 0. The molecule has 0 saturated heterocycles. The maximum absolute atomic E-state index is 12.3. The van der Waals surface area contributed by atoms with Gasteiger partial charge in [0.2, 0.25) is 5.91 Å². The number of nitrogens with one attached hydrogen (secondary N) is 2. The molecule has 0 unspecified atom stereocenters. The quantitative estimate of drug-likeness (QED) is 0.725. The van der Waals surface area contributed by atoms with Crippen molar-refractivity contribution in [3.8, 4) is 11.5 Å². The third kappa shape index (κ3) is 4.35. The molecule has 4 rings (SSSR count). The number of hydrogen-bond acceptors (Lipinski definition) is 7. The van der Waals surface area contributed by atoms with Crippen LogP contribution in [-0.4, -0.2) is 37.6 Å². The minimum atomic E-state index is -0.735. The first-order valence-corrected chi connectivity index (χ1v) is 9.31. The molecule has 0 aliphatic carbocycles. The minimum absolute atomic E-state index is 0.0374. The lowest BCUT2D eigenvalue weighted by Crippen LogP contribution is -2.47. The summed E-state index contributed by atoms with van der Waals surface area (Å²) < 4.78 is 16.0. The van der Waals surface area contributed by atoms with Gasteiger partial charge >= 0.3 is 5.97 Å². The predicted octanol–water partition coefficient (Wildman–Crippen LogP) is 1.76. The number of benzene rings is 2. The smallest absolute Gasteiger partial charge is 0.356 e. The summed E-state index contributed by atoms with van der Waals surface area (Å²) in [4.78, 5) is 36.6. The Morgan fingerprint density at radius 1 is 1.07 bits per heavy atom. The van der Waals surface area contributed by atoms with Gasteiger partial charge in [0.05, 0.1) is 5.69 Å². The fourth-order valence-electron chi connectivity index (χ4n) is 2.95. The number of ether oxygens (including phenoxy) is 3. The standard InChI is InChI=1S/C21H19N3O6/c25-19(22-14-6-8-17-18(12-14)29-11-10-28-17)13-30-21(27)16-7-9-20(26)24(23-16)15-4-2-1-3-5-15/h1-8,12,23H,9-11,13H2,(H,22,25). The number of amides is 2. The van der Waals surface area contributed by atoms with Gasteiger partial charge in [-0.15, -0.1) is 0 Å². The first-order valence-electron chi connectivity index (χ1n) is 9.31. The third-order valence-electron chi connectivity index (χ3n) is 4.36. The van der Waals surface area contributed by atoms with Crippen LogP contribution in [0.3, 0.4) is 0 Å². The first-order chi connectivity index (χ1) is 14.6. The number of para-hydroxylation sites is 1. The number of nitrogens with zero attached hydrogens (tertiary/aromatic N) is 1. The van der Waals surface area contributed by atoms with E-state index in [1.165, 1.54) is 11.1 Å². The summed E-state index contributed by atoms with van der Waals surface area (Å²) in [5.41, 5.74) is 3.91. The number of hydrazine groups is 1. The highest BCUT2D eigenvalue weighted by atomic mass is 16.6. The highest BCUT2D eigenvalue weighted by Crippen LogP contribution is 2.32. The second kappa shape index (κ2) is 8.56. The predicted molar refractivity (Wildman–Crippen MR) is 107 cm³/mol. The van der Waals surface area contributed by atoms with E-state index in [1.54, 1.807) is 42.5 Å². The lowest BCUT2D eigenvalue weighted by molar-refractivity contribution is -0.143. The molecule has 0 radical (unpaired) electrons. The number of carbonyl (C=O) groups excluding carboxylic acids is 3. The van der Waals surface area contributed by atoms with Crippen LogP contribution in [0.25, 0.3) is 0 Å². The van der Waals surface area contributed by atoms with Crippen molar-refractivity contribution in [1.82, 2.24) is 5.43 Å². The normalized spacial score (nSPS) is 15.0. The molecule has 0 aromatic heterocycles. The number of anilines is 2. The molecular formula is C21H19N3O6. The second-order valence-corrected chi connectivity index (χ2v) is 6.48. The van der Waals surface area contributed by atoms with Gasteiger partial charge in [-0.25, -0.2) is 9.80 Å². The fraction of sp³-hybridized carbons (Fsp3) is 0.190. The van der Waals surface area contributed by atoms with E-state index < -0.39 is 18.5 Å². The van der Waals surface area contributed by atoms with Gasteiger partial charge in [-0.2, -0.15) is 0 Å². The molecule has 2 heterocycles. The van der Waals surface area contributed by atoms with E-state index in [0.29, 0.717) is 36.1 Å². The van der Waals surface area contributed by atoms with Crippen molar-refractivity contribution in [1.29, 1.82) is 0 Å². The third-order valence-corrected chi connectivity index (χ3v) is 4.36. The number of rotatable bonds is 5. The van der Waals surface area contributed by atoms with Crippen LogP contribution < -0.4 is 25.2 Å². The van der Waals surface area contributed by atoms with Crippen molar-refractivity contribution < 1.29 is 28.6 Å². The molecule has 0 bridgehead atoms. The van der Waals surface area contributed by atoms with Crippen LogP contribution in [0.2, 0.25) is 0 Å². The summed E-state index contributed by atoms with van der Waals surface area (Å²) in [5.74, 6) is -0.306. The van der Waals surface area contributed by atoms with E-state index in [0.717, 1.165) is 0 Å². The van der Waals surface area contributed by atoms with Crippen molar-refractivity contribution in [3.05, 3.63) is 60.3 Å². The van der Waals surface area contributed by atoms with Crippen molar-refractivity contribution in [3.63, 3.8) is 0 Å². The van der Waals surface area contributed by atoms with E-state index in [9.17, 15) is 14.4 Å². The largest absolute Gasteiger partial charge is 0.486 e. The van der Waals surface area contributed by atoms with Gasteiger partial charge < -0.3 is 19.5 Å². The summed E-state index contributed by atoms with van der Waals surface area (Å²) in [6.07, 6.45) is 1.47. The summed E-state index contributed by atoms with van der Waals surface area (Å²) >= 11 is 0. The number of carbonyl (C=O) groups is 3. The van der Waals surface area contributed by atoms with Gasteiger partial charge in [0.15, 0.2) is 18.1 Å². The topological polar surface area (TPSA) is 106 Å². The molecule has 2 aliphatic heterocycles. The van der Waals surface area contributed by atoms with E-state index >= 15 is 0 Å². The van der Waals surface area contributed by atoms with Gasteiger partial charge in [-0.3, -0.25) is 15.0 Å². The Morgan fingerprint density at radius 2 is 1.83 bits per heavy atom. The van der Waals surface area contributed by atoms with E-state index in [-0.39, 0.29) is 18.0 Å². The average Bonchev–Trinajstić information content (AvgIpc) is 2.78. The fourth-order valence-corrected chi connectivity index (χ4v) is 2.95. The lowest BCUT2D eigenvalue weighted by Gasteiger charge is -2.28. The zero-order valence-corrected chi connectivity index (χ0v) is 15.9. The molecule has 9 heteroatoms. The maximum atomic E-state index is 12.3. The lowest BCUT2D eigenvalue weighted by atomic mass is 10.2. The molecule has 2 aliphatic rings. The van der Waals surface area contributed by atoms with E-state index in [1.807, 2.05) is 6.07 Å². The molecule has 0 atom stereocenters. The minimum Gasteiger partial charge on any atom is -0.486 e. The number of fused-ring (bicyclic) bond motifs is 1. The molecule has 0 saturated carbocycles. The zero-order chi connectivity index (χ0) is 20.9. The Bertz CT molecular complexity index is 1010. The summed E-state index contributed by atoms with van der Waals surface area (Å²) in [6.45, 7) is 0.435. The van der Waals surface area contributed by atoms with Gasteiger partial charge in [0.25, 0.3) is 5.91 Å². The zero-order valence-electron chi connectivity index (χ0n) is 15.9. The molecule has 2 N–H and O–H groups in total. The van der Waals surface area contributed by atoms with Gasteiger partial charge in [0.1, 0.15) is 18.9 Å². The summed E-state index contributed by atoms with van der Waals surface area (Å²) in [6, 6.07) is 13.9. The van der Waals surface area contributed by atoms with Crippen LogP contribution in [0.5, 0.6) is 11.5 Å². The van der Waals surface area contributed by atoms with Gasteiger partial charge in [0, 0.05) is 18.2 Å². The Hall–Kier alpha value is -4.01. The Kier molecular flexibility index (Phi) is 5.51. The molecule has 154 valence electrons. The molecule has 9 nitrogen and oxygen atoms in total. The molecule has 2 amide bonds. The number of esters is 1. The van der Waals surface area contributed by atoms with Crippen molar-refractivity contribution >= 4 is 29.2 Å². The molecular weight excluding hydrogens is 390 g/mol. The Balaban J connectivity index is 1.32.